The van der Waals surface area contributed by atoms with Crippen LogP contribution in [0.1, 0.15) is 58.8 Å². The zero-order valence-corrected chi connectivity index (χ0v) is 10.4. The zero-order valence-electron chi connectivity index (χ0n) is 10.4. The zero-order chi connectivity index (χ0) is 12.0. The van der Waals surface area contributed by atoms with Crippen molar-refractivity contribution < 1.29 is 9.90 Å². The first-order valence-corrected chi connectivity index (χ1v) is 6.42. The third-order valence-electron chi connectivity index (χ3n) is 3.34. The molecule has 1 aliphatic rings. The number of aliphatic carboxylic acids is 1. The molecule has 0 spiro atoms. The van der Waals surface area contributed by atoms with Crippen molar-refractivity contribution in [1.29, 1.82) is 0 Å². The van der Waals surface area contributed by atoms with Gasteiger partial charge in [0.15, 0.2) is 0 Å². The molecule has 1 atom stereocenters. The van der Waals surface area contributed by atoms with Crippen molar-refractivity contribution in [3.05, 3.63) is 0 Å². The fraction of sp³-hybridized carbons (Fsp3) is 0.846. The van der Waals surface area contributed by atoms with Crippen molar-refractivity contribution >= 4 is 11.7 Å². The number of carboxylic acids is 1. The molecule has 0 amide bonds. The smallest absolute Gasteiger partial charge is 0.312 e. The minimum atomic E-state index is -0.723. The molecule has 1 aliphatic carbocycles. The van der Waals surface area contributed by atoms with Gasteiger partial charge in [-0.15, -0.1) is 0 Å². The van der Waals surface area contributed by atoms with E-state index < -0.39 is 5.97 Å². The highest BCUT2D eigenvalue weighted by Gasteiger charge is 2.21. The highest BCUT2D eigenvalue weighted by Crippen LogP contribution is 2.21. The van der Waals surface area contributed by atoms with Gasteiger partial charge < -0.3 is 5.11 Å². The van der Waals surface area contributed by atoms with Crippen LogP contribution in [0.15, 0.2) is 4.99 Å². The first-order chi connectivity index (χ1) is 7.65. The molecule has 0 heterocycles. The molecule has 0 aromatic heterocycles. The Morgan fingerprint density at radius 1 is 1.38 bits per heavy atom. The van der Waals surface area contributed by atoms with E-state index in [1.807, 2.05) is 13.8 Å². The number of rotatable bonds is 5. The van der Waals surface area contributed by atoms with Crippen LogP contribution in [-0.2, 0) is 4.79 Å². The molecule has 0 aromatic carbocycles. The maximum Gasteiger partial charge on any atom is 0.312 e. The Kier molecular flexibility index (Phi) is 5.50. The monoisotopic (exact) mass is 225 g/mol. The Morgan fingerprint density at radius 2 is 2.00 bits per heavy atom. The van der Waals surface area contributed by atoms with E-state index in [0.717, 1.165) is 25.0 Å². The third kappa shape index (κ3) is 3.95. The second-order valence-corrected chi connectivity index (χ2v) is 4.74. The minimum absolute atomic E-state index is 0.369. The van der Waals surface area contributed by atoms with Crippen molar-refractivity contribution in [2.45, 2.75) is 64.8 Å². The molecule has 3 heteroatoms. The van der Waals surface area contributed by atoms with Crippen molar-refractivity contribution in [1.82, 2.24) is 0 Å². The Bertz CT molecular complexity index is 255. The van der Waals surface area contributed by atoms with Crippen LogP contribution in [0, 0.1) is 5.92 Å². The summed E-state index contributed by atoms with van der Waals surface area (Å²) < 4.78 is 0. The lowest BCUT2D eigenvalue weighted by Gasteiger charge is -2.20. The number of nitrogens with zero attached hydrogens (tertiary/aromatic N) is 1. The molecule has 1 fully saturated rings. The summed E-state index contributed by atoms with van der Waals surface area (Å²) in [6, 6.07) is 0.382. The predicted octanol–water partition coefficient (Wildman–Crippen LogP) is 3.28. The lowest BCUT2D eigenvalue weighted by Crippen LogP contribution is -2.24. The molecule has 92 valence electrons. The standard InChI is InChI=1S/C13H23NO2/c1-3-7-12(13(15)16)10(2)14-11-8-5-4-6-9-11/h11-12H,3-9H2,1-2H3,(H,15,16). The van der Waals surface area contributed by atoms with Gasteiger partial charge in [0.05, 0.1) is 5.92 Å². The van der Waals surface area contributed by atoms with Crippen LogP contribution >= 0.6 is 0 Å². The molecule has 1 N–H and O–H groups in total. The fourth-order valence-electron chi connectivity index (χ4n) is 2.39. The lowest BCUT2D eigenvalue weighted by atomic mass is 9.94. The van der Waals surface area contributed by atoms with Gasteiger partial charge in [0.25, 0.3) is 0 Å². The van der Waals surface area contributed by atoms with Gasteiger partial charge in [-0.25, -0.2) is 0 Å². The second-order valence-electron chi connectivity index (χ2n) is 4.74. The lowest BCUT2D eigenvalue weighted by molar-refractivity contribution is -0.139. The molecule has 0 radical (unpaired) electrons. The van der Waals surface area contributed by atoms with Crippen molar-refractivity contribution in [3.63, 3.8) is 0 Å². The maximum absolute atomic E-state index is 11.1. The Hall–Kier alpha value is -0.860. The number of carboxylic acid groups (broad SMARTS) is 1. The van der Waals surface area contributed by atoms with Crippen molar-refractivity contribution in [3.8, 4) is 0 Å². The van der Waals surface area contributed by atoms with E-state index in [-0.39, 0.29) is 5.92 Å². The Labute approximate surface area is 98.0 Å². The van der Waals surface area contributed by atoms with E-state index in [1.54, 1.807) is 0 Å². The molecule has 3 nitrogen and oxygen atoms in total. The SMILES string of the molecule is CCCC(C(=O)O)C(C)=NC1CCCCC1. The Balaban J connectivity index is 2.60. The van der Waals surface area contributed by atoms with Crippen LogP contribution in [0.5, 0.6) is 0 Å². The summed E-state index contributed by atoms with van der Waals surface area (Å²) in [4.78, 5) is 15.7. The van der Waals surface area contributed by atoms with Gasteiger partial charge in [-0.3, -0.25) is 9.79 Å². The highest BCUT2D eigenvalue weighted by molar-refractivity contribution is 6.00. The molecular weight excluding hydrogens is 202 g/mol. The second kappa shape index (κ2) is 6.66. The summed E-state index contributed by atoms with van der Waals surface area (Å²) in [7, 11) is 0. The van der Waals surface area contributed by atoms with Gasteiger partial charge in [0.2, 0.25) is 0 Å². The fourth-order valence-corrected chi connectivity index (χ4v) is 2.39. The highest BCUT2D eigenvalue weighted by atomic mass is 16.4. The Morgan fingerprint density at radius 3 is 2.50 bits per heavy atom. The number of aliphatic imine (C=N–C) groups is 1. The first-order valence-electron chi connectivity index (χ1n) is 6.42. The normalized spacial score (nSPS) is 20.8. The van der Waals surface area contributed by atoms with E-state index in [2.05, 4.69) is 4.99 Å². The van der Waals surface area contributed by atoms with Gasteiger partial charge in [0, 0.05) is 11.8 Å². The summed E-state index contributed by atoms with van der Waals surface area (Å²) >= 11 is 0. The molecule has 1 unspecified atom stereocenters. The van der Waals surface area contributed by atoms with Crippen LogP contribution in [0.3, 0.4) is 0 Å². The van der Waals surface area contributed by atoms with Gasteiger partial charge in [-0.2, -0.15) is 0 Å². The van der Waals surface area contributed by atoms with Gasteiger partial charge in [0.1, 0.15) is 0 Å². The first kappa shape index (κ1) is 13.2. The van der Waals surface area contributed by atoms with Crippen LogP contribution < -0.4 is 0 Å². The predicted molar refractivity (Wildman–Crippen MR) is 66.0 cm³/mol. The van der Waals surface area contributed by atoms with E-state index in [0.29, 0.717) is 12.5 Å². The quantitative estimate of drug-likeness (QED) is 0.730. The summed E-state index contributed by atoms with van der Waals surface area (Å²) in [6.07, 6.45) is 7.67. The van der Waals surface area contributed by atoms with Crippen LogP contribution in [0.25, 0.3) is 0 Å². The van der Waals surface area contributed by atoms with Crippen LogP contribution in [-0.4, -0.2) is 22.8 Å². The molecule has 0 aliphatic heterocycles. The molecular formula is C13H23NO2. The number of hydrogen-bond acceptors (Lipinski definition) is 2. The molecule has 16 heavy (non-hydrogen) atoms. The average Bonchev–Trinajstić information content (AvgIpc) is 2.26. The summed E-state index contributed by atoms with van der Waals surface area (Å²) in [5.74, 6) is -1.09. The summed E-state index contributed by atoms with van der Waals surface area (Å²) in [6.45, 7) is 3.90. The van der Waals surface area contributed by atoms with E-state index in [4.69, 9.17) is 5.11 Å². The van der Waals surface area contributed by atoms with E-state index >= 15 is 0 Å². The summed E-state index contributed by atoms with van der Waals surface area (Å²) in [5, 5.41) is 9.12. The average molecular weight is 225 g/mol. The molecule has 0 bridgehead atoms. The summed E-state index contributed by atoms with van der Waals surface area (Å²) in [5.41, 5.74) is 0.821. The van der Waals surface area contributed by atoms with Crippen LogP contribution in [0.4, 0.5) is 0 Å². The van der Waals surface area contributed by atoms with Gasteiger partial charge in [-0.05, 0) is 26.2 Å². The van der Waals surface area contributed by atoms with E-state index in [9.17, 15) is 4.79 Å². The van der Waals surface area contributed by atoms with Crippen molar-refractivity contribution in [2.75, 3.05) is 0 Å². The number of hydrogen-bond donors (Lipinski definition) is 1. The van der Waals surface area contributed by atoms with Gasteiger partial charge in [-0.1, -0.05) is 32.6 Å². The molecule has 0 aromatic rings. The minimum Gasteiger partial charge on any atom is -0.481 e. The molecule has 1 rings (SSSR count). The largest absolute Gasteiger partial charge is 0.481 e. The van der Waals surface area contributed by atoms with E-state index in [1.165, 1.54) is 19.3 Å². The van der Waals surface area contributed by atoms with Gasteiger partial charge >= 0.3 is 5.97 Å². The maximum atomic E-state index is 11.1. The topological polar surface area (TPSA) is 49.7 Å². The number of carbonyl (C=O) groups is 1. The molecule has 1 saturated carbocycles. The molecule has 0 saturated heterocycles. The van der Waals surface area contributed by atoms with Crippen LogP contribution in [0.2, 0.25) is 0 Å². The van der Waals surface area contributed by atoms with Crippen molar-refractivity contribution in [2.24, 2.45) is 10.9 Å². The third-order valence-corrected chi connectivity index (χ3v) is 3.34.